The number of rotatable bonds is 3. The van der Waals surface area contributed by atoms with Crippen molar-refractivity contribution in [3.8, 4) is 11.5 Å². The summed E-state index contributed by atoms with van der Waals surface area (Å²) < 4.78 is 5.13. The molecular weight excluding hydrogens is 222 g/mol. The standard InChI is InChI=1S/C12H15NO4/c1-17-11-8(4-2-6-10(11)14)13-7-3-5-9(13)12(15)16/h2,4,6,9,14H,3,5,7H2,1H3,(H,15,16). The van der Waals surface area contributed by atoms with Gasteiger partial charge in [0.05, 0.1) is 12.8 Å². The SMILES string of the molecule is COc1c(O)cccc1N1CCCC1C(=O)O. The van der Waals surface area contributed by atoms with Crippen LogP contribution in [0.2, 0.25) is 0 Å². The number of hydrogen-bond acceptors (Lipinski definition) is 4. The van der Waals surface area contributed by atoms with Gasteiger partial charge in [0.2, 0.25) is 0 Å². The van der Waals surface area contributed by atoms with E-state index >= 15 is 0 Å². The Labute approximate surface area is 99.2 Å². The molecule has 1 heterocycles. The van der Waals surface area contributed by atoms with Gasteiger partial charge >= 0.3 is 5.97 Å². The average molecular weight is 237 g/mol. The lowest BCUT2D eigenvalue weighted by molar-refractivity contribution is -0.138. The lowest BCUT2D eigenvalue weighted by atomic mass is 10.2. The summed E-state index contributed by atoms with van der Waals surface area (Å²) in [6.07, 6.45) is 1.45. The summed E-state index contributed by atoms with van der Waals surface area (Å²) in [5.41, 5.74) is 0.636. The number of para-hydroxylation sites is 1. The highest BCUT2D eigenvalue weighted by molar-refractivity contribution is 5.80. The molecule has 0 radical (unpaired) electrons. The number of aliphatic carboxylic acids is 1. The summed E-state index contributed by atoms with van der Waals surface area (Å²) >= 11 is 0. The molecule has 1 fully saturated rings. The number of carbonyl (C=O) groups is 1. The molecule has 92 valence electrons. The third kappa shape index (κ3) is 2.00. The first kappa shape index (κ1) is 11.6. The number of methoxy groups -OCH3 is 1. The van der Waals surface area contributed by atoms with E-state index in [1.54, 1.807) is 17.0 Å². The average Bonchev–Trinajstić information content (AvgIpc) is 2.77. The summed E-state index contributed by atoms with van der Waals surface area (Å²) in [5, 5.41) is 18.8. The molecule has 0 aliphatic carbocycles. The van der Waals surface area contributed by atoms with E-state index in [4.69, 9.17) is 9.84 Å². The molecule has 0 spiro atoms. The van der Waals surface area contributed by atoms with Crippen molar-refractivity contribution in [1.82, 2.24) is 0 Å². The van der Waals surface area contributed by atoms with Gasteiger partial charge in [-0.05, 0) is 25.0 Å². The van der Waals surface area contributed by atoms with Crippen LogP contribution in [-0.2, 0) is 4.79 Å². The number of anilines is 1. The number of carboxylic acids is 1. The van der Waals surface area contributed by atoms with Crippen LogP contribution in [0.5, 0.6) is 11.5 Å². The maximum atomic E-state index is 11.1. The molecule has 5 heteroatoms. The summed E-state index contributed by atoms with van der Waals surface area (Å²) in [7, 11) is 1.46. The van der Waals surface area contributed by atoms with E-state index in [1.165, 1.54) is 13.2 Å². The second-order valence-corrected chi connectivity index (χ2v) is 4.02. The van der Waals surface area contributed by atoms with E-state index in [0.717, 1.165) is 6.42 Å². The molecule has 1 aliphatic rings. The van der Waals surface area contributed by atoms with Crippen molar-refractivity contribution in [2.24, 2.45) is 0 Å². The minimum Gasteiger partial charge on any atom is -0.504 e. The first-order valence-corrected chi connectivity index (χ1v) is 5.50. The number of hydrogen-bond donors (Lipinski definition) is 2. The van der Waals surface area contributed by atoms with E-state index in [0.29, 0.717) is 24.4 Å². The second kappa shape index (κ2) is 4.53. The Kier molecular flexibility index (Phi) is 3.08. The molecule has 2 N–H and O–H groups in total. The summed E-state index contributed by atoms with van der Waals surface area (Å²) in [4.78, 5) is 12.9. The fourth-order valence-corrected chi connectivity index (χ4v) is 2.26. The van der Waals surface area contributed by atoms with Crippen LogP contribution < -0.4 is 9.64 Å². The van der Waals surface area contributed by atoms with E-state index in [1.807, 2.05) is 0 Å². The fourth-order valence-electron chi connectivity index (χ4n) is 2.26. The quantitative estimate of drug-likeness (QED) is 0.832. The Morgan fingerprint density at radius 1 is 1.53 bits per heavy atom. The molecule has 1 aromatic carbocycles. The van der Waals surface area contributed by atoms with Gasteiger partial charge in [-0.25, -0.2) is 4.79 Å². The van der Waals surface area contributed by atoms with Crippen LogP contribution in [0.4, 0.5) is 5.69 Å². The monoisotopic (exact) mass is 237 g/mol. The Bertz CT molecular complexity index is 433. The second-order valence-electron chi connectivity index (χ2n) is 4.02. The normalized spacial score (nSPS) is 19.4. The number of benzene rings is 1. The van der Waals surface area contributed by atoms with E-state index in [2.05, 4.69) is 0 Å². The van der Waals surface area contributed by atoms with Gasteiger partial charge < -0.3 is 19.8 Å². The molecule has 1 aromatic rings. The molecule has 0 amide bonds. The lowest BCUT2D eigenvalue weighted by Crippen LogP contribution is -2.36. The smallest absolute Gasteiger partial charge is 0.326 e. The highest BCUT2D eigenvalue weighted by atomic mass is 16.5. The molecule has 1 unspecified atom stereocenters. The van der Waals surface area contributed by atoms with Gasteiger partial charge in [0.25, 0.3) is 0 Å². The number of carboxylic acid groups (broad SMARTS) is 1. The Hall–Kier alpha value is -1.91. The highest BCUT2D eigenvalue weighted by Gasteiger charge is 2.32. The third-order valence-corrected chi connectivity index (χ3v) is 3.02. The van der Waals surface area contributed by atoms with Crippen molar-refractivity contribution < 1.29 is 19.7 Å². The first-order valence-electron chi connectivity index (χ1n) is 5.50. The third-order valence-electron chi connectivity index (χ3n) is 3.02. The summed E-state index contributed by atoms with van der Waals surface area (Å²) in [6, 6.07) is 4.43. The topological polar surface area (TPSA) is 70.0 Å². The van der Waals surface area contributed by atoms with Crippen molar-refractivity contribution in [1.29, 1.82) is 0 Å². The predicted molar refractivity (Wildman–Crippen MR) is 62.7 cm³/mol. The molecule has 0 saturated carbocycles. The van der Waals surface area contributed by atoms with Crippen molar-refractivity contribution in [2.45, 2.75) is 18.9 Å². The van der Waals surface area contributed by atoms with Crippen molar-refractivity contribution in [3.05, 3.63) is 18.2 Å². The van der Waals surface area contributed by atoms with Crippen LogP contribution in [0.1, 0.15) is 12.8 Å². The molecular formula is C12H15NO4. The highest BCUT2D eigenvalue weighted by Crippen LogP contribution is 2.39. The Balaban J connectivity index is 2.39. The Morgan fingerprint density at radius 2 is 2.29 bits per heavy atom. The number of phenolic OH excluding ortho intramolecular Hbond substituents is 1. The van der Waals surface area contributed by atoms with Crippen LogP contribution in [0, 0.1) is 0 Å². The van der Waals surface area contributed by atoms with Crippen LogP contribution in [-0.4, -0.2) is 35.9 Å². The van der Waals surface area contributed by atoms with Gasteiger partial charge in [-0.2, -0.15) is 0 Å². The van der Waals surface area contributed by atoms with Gasteiger partial charge in [0.15, 0.2) is 11.5 Å². The van der Waals surface area contributed by atoms with E-state index in [-0.39, 0.29) is 5.75 Å². The van der Waals surface area contributed by atoms with Gasteiger partial charge in [-0.1, -0.05) is 6.07 Å². The molecule has 0 bridgehead atoms. The lowest BCUT2D eigenvalue weighted by Gasteiger charge is -2.25. The maximum absolute atomic E-state index is 11.1. The molecule has 1 atom stereocenters. The van der Waals surface area contributed by atoms with Crippen molar-refractivity contribution >= 4 is 11.7 Å². The molecule has 5 nitrogen and oxygen atoms in total. The number of phenols is 1. The van der Waals surface area contributed by atoms with Crippen molar-refractivity contribution in [2.75, 3.05) is 18.6 Å². The molecule has 17 heavy (non-hydrogen) atoms. The van der Waals surface area contributed by atoms with E-state index in [9.17, 15) is 9.90 Å². The first-order chi connectivity index (χ1) is 8.15. The van der Waals surface area contributed by atoms with Crippen LogP contribution in [0.15, 0.2) is 18.2 Å². The van der Waals surface area contributed by atoms with Crippen LogP contribution >= 0.6 is 0 Å². The number of aromatic hydroxyl groups is 1. The molecule has 1 aliphatic heterocycles. The number of nitrogens with zero attached hydrogens (tertiary/aromatic N) is 1. The summed E-state index contributed by atoms with van der Waals surface area (Å²) in [6.45, 7) is 0.663. The maximum Gasteiger partial charge on any atom is 0.326 e. The molecule has 2 rings (SSSR count). The minimum atomic E-state index is -0.840. The van der Waals surface area contributed by atoms with Gasteiger partial charge in [0.1, 0.15) is 6.04 Å². The largest absolute Gasteiger partial charge is 0.504 e. The Morgan fingerprint density at radius 3 is 2.94 bits per heavy atom. The van der Waals surface area contributed by atoms with Gasteiger partial charge in [-0.3, -0.25) is 0 Å². The van der Waals surface area contributed by atoms with Crippen molar-refractivity contribution in [3.63, 3.8) is 0 Å². The number of ether oxygens (including phenoxy) is 1. The molecule has 1 saturated heterocycles. The predicted octanol–water partition coefficient (Wildman–Crippen LogP) is 1.45. The van der Waals surface area contributed by atoms with Gasteiger partial charge in [-0.15, -0.1) is 0 Å². The zero-order valence-corrected chi connectivity index (χ0v) is 9.59. The molecule has 0 aromatic heterocycles. The van der Waals surface area contributed by atoms with Crippen LogP contribution in [0.3, 0.4) is 0 Å². The zero-order chi connectivity index (χ0) is 12.4. The summed E-state index contributed by atoms with van der Waals surface area (Å²) in [5.74, 6) is -0.477. The zero-order valence-electron chi connectivity index (χ0n) is 9.59. The minimum absolute atomic E-state index is 0.0287. The van der Waals surface area contributed by atoms with Gasteiger partial charge in [0, 0.05) is 6.54 Å². The van der Waals surface area contributed by atoms with Crippen LogP contribution in [0.25, 0.3) is 0 Å². The van der Waals surface area contributed by atoms with E-state index < -0.39 is 12.0 Å². The fraction of sp³-hybridized carbons (Fsp3) is 0.417.